The third-order valence-corrected chi connectivity index (χ3v) is 12.2. The Balaban J connectivity index is 1.02. The maximum atomic E-state index is 13.9. The molecule has 0 bridgehead atoms. The van der Waals surface area contributed by atoms with Crippen molar-refractivity contribution >= 4 is 45.1 Å². The Morgan fingerprint density at radius 1 is 0.914 bits per heavy atom. The van der Waals surface area contributed by atoms with Gasteiger partial charge in [-0.2, -0.15) is 4.31 Å². The number of sulfonamides is 1. The number of carbonyl (C=O) groups is 2. The third kappa shape index (κ3) is 9.34. The highest BCUT2D eigenvalue weighted by atomic mass is 35.5. The van der Waals surface area contributed by atoms with Crippen molar-refractivity contribution < 1.29 is 41.7 Å². The molecule has 0 aliphatic carbocycles. The second-order valence-corrected chi connectivity index (χ2v) is 16.9. The molecule has 12 nitrogen and oxygen atoms in total. The van der Waals surface area contributed by atoms with Gasteiger partial charge in [-0.15, -0.1) is 0 Å². The number of ether oxygens (including phenoxy) is 5. The van der Waals surface area contributed by atoms with E-state index in [1.807, 2.05) is 44.2 Å². The zero-order valence-corrected chi connectivity index (χ0v) is 34.5. The number of halogens is 2. The minimum atomic E-state index is -3.88. The lowest BCUT2D eigenvalue weighted by Gasteiger charge is -2.36. The standard InChI is InChI=1S/C43H41Cl2N3O9S/c1-25-26(2)46-16-15-38(25)56-33-10-5-27(6-11-33)18-36(43(50)53-3)47-42(49)37-19-30-20-39-40(21-31(30)22-48(37)58(4,51)52)57-41(24-55-39)29-8-12-32(13-9-29)54-23-28-7-14-34(44)35(45)17-28/h5-17,20-21,36-37,41H,18-19,22-24H2,1-4H3,(H,47,49)/t36-,37-,41+/m0/s1. The number of aromatic nitrogens is 1. The quantitative estimate of drug-likeness (QED) is 0.126. The molecule has 1 aromatic heterocycles. The lowest BCUT2D eigenvalue weighted by Crippen LogP contribution is -2.55. The Labute approximate surface area is 347 Å². The molecular weight excluding hydrogens is 805 g/mol. The smallest absolute Gasteiger partial charge is 0.328 e. The van der Waals surface area contributed by atoms with E-state index in [4.69, 9.17) is 46.9 Å². The molecule has 4 aromatic carbocycles. The highest BCUT2D eigenvalue weighted by Gasteiger charge is 2.39. The van der Waals surface area contributed by atoms with Crippen LogP contribution in [0.3, 0.4) is 0 Å². The highest BCUT2D eigenvalue weighted by molar-refractivity contribution is 7.88. The number of fused-ring (bicyclic) bond motifs is 2. The number of benzene rings is 4. The minimum Gasteiger partial charge on any atom is -0.489 e. The van der Waals surface area contributed by atoms with Crippen LogP contribution in [0.5, 0.6) is 28.7 Å². The average Bonchev–Trinajstić information content (AvgIpc) is 3.21. The molecule has 2 aliphatic rings. The SMILES string of the molecule is COC(=O)[C@H](Cc1ccc(Oc2ccnc(C)c2C)cc1)NC(=O)[C@@H]1Cc2cc3c(cc2CN1S(C)(=O)=O)O[C@@H](c1ccc(OCc2ccc(Cl)c(Cl)c2)cc1)CO3. The first-order valence-corrected chi connectivity index (χ1v) is 21.0. The first-order valence-electron chi connectivity index (χ1n) is 18.4. The van der Waals surface area contributed by atoms with Crippen LogP contribution in [0.25, 0.3) is 0 Å². The first-order chi connectivity index (χ1) is 27.7. The van der Waals surface area contributed by atoms with Gasteiger partial charge in [0.05, 0.1) is 23.4 Å². The van der Waals surface area contributed by atoms with Crippen molar-refractivity contribution in [3.8, 4) is 28.7 Å². The number of carbonyl (C=O) groups excluding carboxylic acids is 2. The molecule has 0 saturated heterocycles. The highest BCUT2D eigenvalue weighted by Crippen LogP contribution is 2.41. The molecule has 3 atom stereocenters. The van der Waals surface area contributed by atoms with E-state index in [0.717, 1.165) is 44.1 Å². The lowest BCUT2D eigenvalue weighted by atomic mass is 9.94. The van der Waals surface area contributed by atoms with E-state index < -0.39 is 40.1 Å². The topological polar surface area (TPSA) is 143 Å². The molecule has 1 N–H and O–H groups in total. The number of nitrogens with zero attached hydrogens (tertiary/aromatic N) is 2. The summed E-state index contributed by atoms with van der Waals surface area (Å²) in [6.07, 6.45) is 2.45. The van der Waals surface area contributed by atoms with E-state index in [1.54, 1.807) is 60.8 Å². The largest absolute Gasteiger partial charge is 0.489 e. The normalized spacial score (nSPS) is 16.8. The van der Waals surface area contributed by atoms with Crippen LogP contribution in [0, 0.1) is 13.8 Å². The predicted octanol–water partition coefficient (Wildman–Crippen LogP) is 7.48. The second kappa shape index (κ2) is 17.3. The Kier molecular flexibility index (Phi) is 12.1. The van der Waals surface area contributed by atoms with Gasteiger partial charge in [0.1, 0.15) is 42.5 Å². The summed E-state index contributed by atoms with van der Waals surface area (Å²) >= 11 is 12.1. The second-order valence-electron chi connectivity index (χ2n) is 14.2. The summed E-state index contributed by atoms with van der Waals surface area (Å²) in [5.74, 6) is 1.57. The van der Waals surface area contributed by atoms with Crippen LogP contribution in [0.4, 0.5) is 0 Å². The van der Waals surface area contributed by atoms with Crippen LogP contribution >= 0.6 is 23.2 Å². The van der Waals surface area contributed by atoms with Gasteiger partial charge in [0.15, 0.2) is 17.6 Å². The van der Waals surface area contributed by atoms with Gasteiger partial charge in [0.25, 0.3) is 0 Å². The molecule has 0 fully saturated rings. The van der Waals surface area contributed by atoms with Crippen molar-refractivity contribution in [2.75, 3.05) is 20.0 Å². The Hall–Kier alpha value is -5.34. The fraction of sp³-hybridized carbons (Fsp3) is 0.279. The van der Waals surface area contributed by atoms with Gasteiger partial charge in [-0.1, -0.05) is 53.5 Å². The van der Waals surface area contributed by atoms with Crippen molar-refractivity contribution in [1.82, 2.24) is 14.6 Å². The Bertz CT molecular complexity index is 2450. The summed E-state index contributed by atoms with van der Waals surface area (Å²) in [7, 11) is -2.65. The summed E-state index contributed by atoms with van der Waals surface area (Å²) < 4.78 is 56.9. The molecule has 0 spiro atoms. The maximum Gasteiger partial charge on any atom is 0.328 e. The summed E-state index contributed by atoms with van der Waals surface area (Å²) in [4.78, 5) is 31.2. The monoisotopic (exact) mass is 845 g/mol. The van der Waals surface area contributed by atoms with E-state index >= 15 is 0 Å². The van der Waals surface area contributed by atoms with Gasteiger partial charge in [-0.3, -0.25) is 9.78 Å². The zero-order valence-electron chi connectivity index (χ0n) is 32.2. The summed E-state index contributed by atoms with van der Waals surface area (Å²) in [6.45, 7) is 4.29. The molecule has 0 saturated carbocycles. The zero-order chi connectivity index (χ0) is 41.1. The predicted molar refractivity (Wildman–Crippen MR) is 218 cm³/mol. The molecule has 58 heavy (non-hydrogen) atoms. The van der Waals surface area contributed by atoms with Crippen LogP contribution in [-0.4, -0.2) is 61.6 Å². The molecule has 3 heterocycles. The van der Waals surface area contributed by atoms with E-state index in [1.165, 1.54) is 7.11 Å². The fourth-order valence-electron chi connectivity index (χ4n) is 6.83. The molecule has 7 rings (SSSR count). The number of methoxy groups -OCH3 is 1. The van der Waals surface area contributed by atoms with Gasteiger partial charge in [0, 0.05) is 30.4 Å². The van der Waals surface area contributed by atoms with Gasteiger partial charge >= 0.3 is 5.97 Å². The van der Waals surface area contributed by atoms with Crippen LogP contribution in [-0.2, 0) is 50.3 Å². The number of aryl methyl sites for hydroxylation is 1. The van der Waals surface area contributed by atoms with Gasteiger partial charge in [-0.25, -0.2) is 13.2 Å². The molecule has 5 aromatic rings. The van der Waals surface area contributed by atoms with Gasteiger partial charge in [0.2, 0.25) is 15.9 Å². The van der Waals surface area contributed by atoms with E-state index in [-0.39, 0.29) is 26.0 Å². The number of hydrogen-bond acceptors (Lipinski definition) is 10. The van der Waals surface area contributed by atoms with Crippen LogP contribution in [0.1, 0.15) is 45.2 Å². The number of amides is 1. The molecule has 0 radical (unpaired) electrons. The van der Waals surface area contributed by atoms with Crippen LogP contribution in [0.2, 0.25) is 10.0 Å². The molecule has 2 aliphatic heterocycles. The van der Waals surface area contributed by atoms with Crippen molar-refractivity contribution in [3.05, 3.63) is 140 Å². The molecule has 0 unspecified atom stereocenters. The summed E-state index contributed by atoms with van der Waals surface area (Å²) in [6, 6.07) is 23.1. The average molecular weight is 847 g/mol. The Morgan fingerprint density at radius 2 is 1.62 bits per heavy atom. The number of pyridine rings is 1. The maximum absolute atomic E-state index is 13.9. The summed E-state index contributed by atoms with van der Waals surface area (Å²) in [5, 5.41) is 3.70. The Morgan fingerprint density at radius 3 is 2.33 bits per heavy atom. The van der Waals surface area contributed by atoms with Crippen molar-refractivity contribution in [3.63, 3.8) is 0 Å². The fourth-order valence-corrected chi connectivity index (χ4v) is 8.15. The summed E-state index contributed by atoms with van der Waals surface area (Å²) in [5.41, 5.74) is 5.66. The first kappa shape index (κ1) is 40.8. The molecular formula is C43H41Cl2N3O9S. The molecule has 15 heteroatoms. The number of nitrogens with one attached hydrogen (secondary N) is 1. The molecule has 1 amide bonds. The number of rotatable bonds is 12. The number of esters is 1. The van der Waals surface area contributed by atoms with Crippen molar-refractivity contribution in [2.45, 2.75) is 58.0 Å². The van der Waals surface area contributed by atoms with E-state index in [9.17, 15) is 18.0 Å². The lowest BCUT2D eigenvalue weighted by molar-refractivity contribution is -0.145. The minimum absolute atomic E-state index is 0.0474. The van der Waals surface area contributed by atoms with Crippen molar-refractivity contribution in [1.29, 1.82) is 0 Å². The van der Waals surface area contributed by atoms with Crippen LogP contribution in [0.15, 0.2) is 91.1 Å². The number of hydrogen-bond donors (Lipinski definition) is 1. The van der Waals surface area contributed by atoms with E-state index in [0.29, 0.717) is 51.0 Å². The van der Waals surface area contributed by atoms with E-state index in [2.05, 4.69) is 10.3 Å². The van der Waals surface area contributed by atoms with Gasteiger partial charge < -0.3 is 29.0 Å². The third-order valence-electron chi connectivity index (χ3n) is 10.2. The van der Waals surface area contributed by atoms with Crippen LogP contribution < -0.4 is 24.3 Å². The van der Waals surface area contributed by atoms with Crippen molar-refractivity contribution in [2.24, 2.45) is 0 Å². The molecule has 302 valence electrons. The van der Waals surface area contributed by atoms with Gasteiger partial charge in [-0.05, 0) is 103 Å².